The van der Waals surface area contributed by atoms with Gasteiger partial charge in [0.2, 0.25) is 0 Å². The Kier molecular flexibility index (Phi) is 3.17. The lowest BCUT2D eigenvalue weighted by molar-refractivity contribution is -0.137. The molecular formula is C17H20O2. The number of allylic oxidation sites excluding steroid dienone is 2. The second-order valence-corrected chi connectivity index (χ2v) is 5.59. The standard InChI is InChI=1S/C17H20O2/c1-3-14-15-7-5-4-6-12(15)8-9-13-10-16(13)17(14)19-11(2)18/h4-7,13,16H,3,8-10H2,1-2H3/b17-14+. The summed E-state index contributed by atoms with van der Waals surface area (Å²) in [6.07, 6.45) is 4.46. The summed E-state index contributed by atoms with van der Waals surface area (Å²) in [5.74, 6) is 1.95. The molecule has 1 aromatic rings. The van der Waals surface area contributed by atoms with E-state index in [2.05, 4.69) is 31.2 Å². The monoisotopic (exact) mass is 256 g/mol. The predicted molar refractivity (Wildman–Crippen MR) is 75.3 cm³/mol. The number of carbonyl (C=O) groups excluding carboxylic acids is 1. The van der Waals surface area contributed by atoms with Crippen molar-refractivity contribution in [2.24, 2.45) is 11.8 Å². The smallest absolute Gasteiger partial charge is 0.307 e. The van der Waals surface area contributed by atoms with Crippen LogP contribution in [0.25, 0.3) is 5.57 Å². The lowest BCUT2D eigenvalue weighted by atomic mass is 9.90. The summed E-state index contributed by atoms with van der Waals surface area (Å²) in [6.45, 7) is 3.65. The Labute approximate surface area is 114 Å². The van der Waals surface area contributed by atoms with Gasteiger partial charge in [0.25, 0.3) is 0 Å². The first-order chi connectivity index (χ1) is 9.20. The van der Waals surface area contributed by atoms with E-state index in [9.17, 15) is 4.79 Å². The van der Waals surface area contributed by atoms with Crippen LogP contribution in [-0.2, 0) is 16.0 Å². The average Bonchev–Trinajstić information content (AvgIpc) is 3.14. The summed E-state index contributed by atoms with van der Waals surface area (Å²) in [6, 6.07) is 8.55. The normalized spacial score (nSPS) is 28.7. The first-order valence-electron chi connectivity index (χ1n) is 7.20. The number of esters is 1. The molecule has 0 N–H and O–H groups in total. The van der Waals surface area contributed by atoms with Crippen LogP contribution in [0, 0.1) is 11.8 Å². The zero-order chi connectivity index (χ0) is 13.4. The first-order valence-corrected chi connectivity index (χ1v) is 7.20. The van der Waals surface area contributed by atoms with Gasteiger partial charge in [-0.1, -0.05) is 31.2 Å². The van der Waals surface area contributed by atoms with Crippen LogP contribution in [-0.4, -0.2) is 5.97 Å². The van der Waals surface area contributed by atoms with Crippen molar-refractivity contribution in [2.45, 2.75) is 39.5 Å². The molecule has 1 aromatic carbocycles. The number of hydrogen-bond acceptors (Lipinski definition) is 2. The highest BCUT2D eigenvalue weighted by atomic mass is 16.5. The van der Waals surface area contributed by atoms with Gasteiger partial charge in [0.05, 0.1) is 0 Å². The van der Waals surface area contributed by atoms with Crippen LogP contribution < -0.4 is 0 Å². The van der Waals surface area contributed by atoms with Crippen LogP contribution in [0.5, 0.6) is 0 Å². The van der Waals surface area contributed by atoms with Crippen molar-refractivity contribution >= 4 is 11.5 Å². The number of aryl methyl sites for hydroxylation is 1. The van der Waals surface area contributed by atoms with Crippen LogP contribution in [0.4, 0.5) is 0 Å². The van der Waals surface area contributed by atoms with Gasteiger partial charge in [-0.05, 0) is 48.3 Å². The molecular weight excluding hydrogens is 236 g/mol. The van der Waals surface area contributed by atoms with Crippen LogP contribution in [0.1, 0.15) is 44.2 Å². The van der Waals surface area contributed by atoms with Crippen LogP contribution in [0.2, 0.25) is 0 Å². The zero-order valence-corrected chi connectivity index (χ0v) is 11.6. The van der Waals surface area contributed by atoms with Gasteiger partial charge in [0, 0.05) is 12.8 Å². The molecule has 0 radical (unpaired) electrons. The highest BCUT2D eigenvalue weighted by Gasteiger charge is 2.43. The maximum absolute atomic E-state index is 11.4. The Morgan fingerprint density at radius 1 is 1.37 bits per heavy atom. The maximum atomic E-state index is 11.4. The molecule has 0 saturated heterocycles. The molecule has 0 aliphatic heterocycles. The van der Waals surface area contributed by atoms with Crippen molar-refractivity contribution in [3.8, 4) is 0 Å². The van der Waals surface area contributed by atoms with Gasteiger partial charge < -0.3 is 4.74 Å². The molecule has 2 nitrogen and oxygen atoms in total. The van der Waals surface area contributed by atoms with Gasteiger partial charge in [-0.25, -0.2) is 0 Å². The summed E-state index contributed by atoms with van der Waals surface area (Å²) in [7, 11) is 0. The lowest BCUT2D eigenvalue weighted by Crippen LogP contribution is -2.09. The Morgan fingerprint density at radius 3 is 2.89 bits per heavy atom. The van der Waals surface area contributed by atoms with Crippen molar-refractivity contribution in [3.05, 3.63) is 41.2 Å². The second-order valence-electron chi connectivity index (χ2n) is 5.59. The van der Waals surface area contributed by atoms with Crippen LogP contribution in [0.15, 0.2) is 30.0 Å². The van der Waals surface area contributed by atoms with E-state index < -0.39 is 0 Å². The van der Waals surface area contributed by atoms with Gasteiger partial charge in [-0.2, -0.15) is 0 Å². The quantitative estimate of drug-likeness (QED) is 0.749. The zero-order valence-electron chi connectivity index (χ0n) is 11.6. The van der Waals surface area contributed by atoms with E-state index in [-0.39, 0.29) is 5.97 Å². The molecule has 2 aliphatic carbocycles. The SMILES string of the molecule is CC/C1=C(\OC(C)=O)C2CC2CCc2ccccc21. The van der Waals surface area contributed by atoms with Crippen LogP contribution in [0.3, 0.4) is 0 Å². The minimum Gasteiger partial charge on any atom is -0.431 e. The molecule has 2 heteroatoms. The number of ether oxygens (including phenoxy) is 1. The Balaban J connectivity index is 2.12. The summed E-state index contributed by atoms with van der Waals surface area (Å²) >= 11 is 0. The second kappa shape index (κ2) is 4.84. The third kappa shape index (κ3) is 2.32. The van der Waals surface area contributed by atoms with E-state index in [0.29, 0.717) is 11.8 Å². The van der Waals surface area contributed by atoms with Crippen molar-refractivity contribution in [3.63, 3.8) is 0 Å². The van der Waals surface area contributed by atoms with E-state index in [4.69, 9.17) is 4.74 Å². The minimum atomic E-state index is -0.190. The Hall–Kier alpha value is -1.57. The summed E-state index contributed by atoms with van der Waals surface area (Å²) in [4.78, 5) is 11.4. The molecule has 0 heterocycles. The number of benzene rings is 1. The highest BCUT2D eigenvalue weighted by molar-refractivity contribution is 5.75. The molecule has 100 valence electrons. The topological polar surface area (TPSA) is 26.3 Å². The van der Waals surface area contributed by atoms with Crippen molar-refractivity contribution in [1.82, 2.24) is 0 Å². The van der Waals surface area contributed by atoms with Gasteiger partial charge in [0.1, 0.15) is 5.76 Å². The van der Waals surface area contributed by atoms with E-state index in [1.807, 2.05) is 0 Å². The lowest BCUT2D eigenvalue weighted by Gasteiger charge is -2.19. The van der Waals surface area contributed by atoms with Gasteiger partial charge in [0.15, 0.2) is 0 Å². The number of rotatable bonds is 2. The molecule has 0 spiro atoms. The molecule has 1 fully saturated rings. The molecule has 19 heavy (non-hydrogen) atoms. The Morgan fingerprint density at radius 2 is 2.16 bits per heavy atom. The third-order valence-corrected chi connectivity index (χ3v) is 4.29. The first kappa shape index (κ1) is 12.5. The number of hydrogen-bond donors (Lipinski definition) is 0. The minimum absolute atomic E-state index is 0.190. The molecule has 2 atom stereocenters. The van der Waals surface area contributed by atoms with Gasteiger partial charge in [-0.15, -0.1) is 0 Å². The molecule has 2 aliphatic rings. The van der Waals surface area contributed by atoms with Gasteiger partial charge >= 0.3 is 5.97 Å². The fraction of sp³-hybridized carbons (Fsp3) is 0.471. The third-order valence-electron chi connectivity index (χ3n) is 4.29. The van der Waals surface area contributed by atoms with Crippen molar-refractivity contribution in [2.75, 3.05) is 0 Å². The molecule has 0 bridgehead atoms. The molecule has 2 unspecified atom stereocenters. The summed E-state index contributed by atoms with van der Waals surface area (Å²) in [5.41, 5.74) is 3.92. The maximum Gasteiger partial charge on any atom is 0.307 e. The summed E-state index contributed by atoms with van der Waals surface area (Å²) < 4.78 is 5.58. The number of carbonyl (C=O) groups is 1. The van der Waals surface area contributed by atoms with Crippen molar-refractivity contribution < 1.29 is 9.53 Å². The molecule has 0 aromatic heterocycles. The largest absolute Gasteiger partial charge is 0.431 e. The Bertz CT molecular complexity index is 542. The fourth-order valence-corrected chi connectivity index (χ4v) is 3.27. The number of fused-ring (bicyclic) bond motifs is 2. The molecule has 0 amide bonds. The van der Waals surface area contributed by atoms with Gasteiger partial charge in [-0.3, -0.25) is 4.79 Å². The van der Waals surface area contributed by atoms with Crippen molar-refractivity contribution in [1.29, 1.82) is 0 Å². The van der Waals surface area contributed by atoms with E-state index in [1.165, 1.54) is 36.5 Å². The molecule has 3 rings (SSSR count). The van der Waals surface area contributed by atoms with E-state index in [1.54, 1.807) is 0 Å². The van der Waals surface area contributed by atoms with E-state index >= 15 is 0 Å². The summed E-state index contributed by atoms with van der Waals surface area (Å²) in [5, 5.41) is 0. The average molecular weight is 256 g/mol. The molecule has 1 saturated carbocycles. The predicted octanol–water partition coefficient (Wildman–Crippen LogP) is 3.95. The highest BCUT2D eigenvalue weighted by Crippen LogP contribution is 2.51. The van der Waals surface area contributed by atoms with Crippen LogP contribution >= 0.6 is 0 Å². The fourth-order valence-electron chi connectivity index (χ4n) is 3.27. The van der Waals surface area contributed by atoms with E-state index in [0.717, 1.165) is 18.6 Å².